The Balaban J connectivity index is 1.44. The summed E-state index contributed by atoms with van der Waals surface area (Å²) in [6.07, 6.45) is 4.34. The molecule has 0 radical (unpaired) electrons. The smallest absolute Gasteiger partial charge is 0.222 e. The number of nitrogens with zero attached hydrogens (tertiary/aromatic N) is 1. The van der Waals surface area contributed by atoms with Crippen LogP contribution in [0.2, 0.25) is 0 Å². The number of rotatable bonds is 4. The van der Waals surface area contributed by atoms with E-state index in [0.717, 1.165) is 38.8 Å². The van der Waals surface area contributed by atoms with E-state index < -0.39 is 0 Å². The topological polar surface area (TPSA) is 40.5 Å². The SMILES string of the molecule is O=C(CCCc1ccccc1)N1C[C@H]2CC[C@@H](O)[C@H]2C1. The number of aryl methyl sites for hydroxylation is 1. The van der Waals surface area contributed by atoms with Crippen molar-refractivity contribution in [3.8, 4) is 0 Å². The number of likely N-dealkylation sites (tertiary alicyclic amines) is 1. The van der Waals surface area contributed by atoms with Crippen molar-refractivity contribution in [2.24, 2.45) is 11.8 Å². The van der Waals surface area contributed by atoms with Gasteiger partial charge < -0.3 is 10.0 Å². The second-order valence-electron chi connectivity index (χ2n) is 6.21. The van der Waals surface area contributed by atoms with E-state index in [1.807, 2.05) is 23.1 Å². The van der Waals surface area contributed by atoms with E-state index in [4.69, 9.17) is 0 Å². The monoisotopic (exact) mass is 273 g/mol. The lowest BCUT2D eigenvalue weighted by atomic mass is 10.00. The summed E-state index contributed by atoms with van der Waals surface area (Å²) in [5.41, 5.74) is 1.30. The van der Waals surface area contributed by atoms with Gasteiger partial charge >= 0.3 is 0 Å². The van der Waals surface area contributed by atoms with Gasteiger partial charge in [-0.05, 0) is 37.2 Å². The fourth-order valence-corrected chi connectivity index (χ4v) is 3.69. The first-order chi connectivity index (χ1) is 9.74. The van der Waals surface area contributed by atoms with Crippen molar-refractivity contribution in [3.05, 3.63) is 35.9 Å². The van der Waals surface area contributed by atoms with Crippen molar-refractivity contribution in [1.29, 1.82) is 0 Å². The third-order valence-corrected chi connectivity index (χ3v) is 4.87. The zero-order chi connectivity index (χ0) is 13.9. The molecule has 2 aliphatic rings. The van der Waals surface area contributed by atoms with E-state index in [-0.39, 0.29) is 12.0 Å². The van der Waals surface area contributed by atoms with Crippen LogP contribution in [0.25, 0.3) is 0 Å². The molecule has 3 nitrogen and oxygen atoms in total. The molecule has 1 amide bonds. The van der Waals surface area contributed by atoms with Gasteiger partial charge in [-0.1, -0.05) is 30.3 Å². The van der Waals surface area contributed by atoms with Crippen LogP contribution in [0.3, 0.4) is 0 Å². The van der Waals surface area contributed by atoms with E-state index in [0.29, 0.717) is 18.3 Å². The Morgan fingerprint density at radius 2 is 2.00 bits per heavy atom. The molecule has 3 atom stereocenters. The number of hydrogen-bond donors (Lipinski definition) is 1. The molecule has 0 spiro atoms. The highest BCUT2D eigenvalue weighted by atomic mass is 16.3. The summed E-state index contributed by atoms with van der Waals surface area (Å²) in [6.45, 7) is 1.64. The lowest BCUT2D eigenvalue weighted by Gasteiger charge is -2.18. The molecule has 3 rings (SSSR count). The molecule has 1 aliphatic heterocycles. The maximum absolute atomic E-state index is 12.2. The number of hydrogen-bond acceptors (Lipinski definition) is 2. The highest BCUT2D eigenvalue weighted by molar-refractivity contribution is 5.76. The van der Waals surface area contributed by atoms with Crippen molar-refractivity contribution in [2.45, 2.75) is 38.2 Å². The van der Waals surface area contributed by atoms with Gasteiger partial charge in [-0.2, -0.15) is 0 Å². The van der Waals surface area contributed by atoms with Crippen LogP contribution in [-0.2, 0) is 11.2 Å². The minimum Gasteiger partial charge on any atom is -0.393 e. The molecule has 108 valence electrons. The van der Waals surface area contributed by atoms with Gasteiger partial charge in [-0.3, -0.25) is 4.79 Å². The Bertz CT molecular complexity index is 459. The van der Waals surface area contributed by atoms with Gasteiger partial charge in [0.2, 0.25) is 5.91 Å². The normalized spacial score (nSPS) is 28.6. The van der Waals surface area contributed by atoms with Crippen molar-refractivity contribution in [2.75, 3.05) is 13.1 Å². The van der Waals surface area contributed by atoms with Gasteiger partial charge in [0.05, 0.1) is 6.10 Å². The summed E-state index contributed by atoms with van der Waals surface area (Å²) in [6, 6.07) is 10.3. The predicted molar refractivity (Wildman–Crippen MR) is 78.2 cm³/mol. The standard InChI is InChI=1S/C17H23NO2/c19-16-10-9-14-11-18(12-15(14)16)17(20)8-4-7-13-5-2-1-3-6-13/h1-3,5-6,14-16,19H,4,7-12H2/t14-,15+,16-/m1/s1. The number of carbonyl (C=O) groups is 1. The first kappa shape index (κ1) is 13.6. The summed E-state index contributed by atoms with van der Waals surface area (Å²) in [7, 11) is 0. The average molecular weight is 273 g/mol. The second-order valence-corrected chi connectivity index (χ2v) is 6.21. The number of carbonyl (C=O) groups excluding carboxylic acids is 1. The van der Waals surface area contributed by atoms with E-state index in [1.165, 1.54) is 5.56 Å². The molecule has 1 heterocycles. The molecule has 1 aliphatic carbocycles. The molecule has 1 aromatic rings. The minimum absolute atomic E-state index is 0.179. The fourth-order valence-electron chi connectivity index (χ4n) is 3.69. The van der Waals surface area contributed by atoms with E-state index >= 15 is 0 Å². The molecule has 20 heavy (non-hydrogen) atoms. The summed E-state index contributed by atoms with van der Waals surface area (Å²) in [5.74, 6) is 1.15. The first-order valence-corrected chi connectivity index (χ1v) is 7.74. The molecule has 1 saturated heterocycles. The van der Waals surface area contributed by atoms with Crippen LogP contribution in [0.15, 0.2) is 30.3 Å². The molecule has 0 unspecified atom stereocenters. The van der Waals surface area contributed by atoms with Crippen molar-refractivity contribution >= 4 is 5.91 Å². The average Bonchev–Trinajstić information content (AvgIpc) is 3.03. The number of benzene rings is 1. The van der Waals surface area contributed by atoms with E-state index in [2.05, 4.69) is 12.1 Å². The summed E-state index contributed by atoms with van der Waals surface area (Å²) >= 11 is 0. The number of aliphatic hydroxyl groups excluding tert-OH is 1. The molecule has 1 saturated carbocycles. The van der Waals surface area contributed by atoms with Gasteiger partial charge in [0.15, 0.2) is 0 Å². The highest BCUT2D eigenvalue weighted by Gasteiger charge is 2.42. The molecule has 0 bridgehead atoms. The lowest BCUT2D eigenvalue weighted by molar-refractivity contribution is -0.130. The fraction of sp³-hybridized carbons (Fsp3) is 0.588. The van der Waals surface area contributed by atoms with Crippen molar-refractivity contribution in [3.63, 3.8) is 0 Å². The molecule has 1 N–H and O–H groups in total. The largest absolute Gasteiger partial charge is 0.393 e. The van der Waals surface area contributed by atoms with E-state index in [1.54, 1.807) is 0 Å². The Morgan fingerprint density at radius 1 is 1.20 bits per heavy atom. The van der Waals surface area contributed by atoms with Crippen LogP contribution < -0.4 is 0 Å². The second kappa shape index (κ2) is 5.96. The van der Waals surface area contributed by atoms with Gasteiger partial charge in [-0.25, -0.2) is 0 Å². The molecular formula is C17H23NO2. The number of fused-ring (bicyclic) bond motifs is 1. The minimum atomic E-state index is -0.179. The van der Waals surface area contributed by atoms with Crippen LogP contribution in [0.5, 0.6) is 0 Å². The summed E-state index contributed by atoms with van der Waals surface area (Å²) < 4.78 is 0. The Hall–Kier alpha value is -1.35. The zero-order valence-electron chi connectivity index (χ0n) is 11.9. The van der Waals surface area contributed by atoms with Crippen LogP contribution in [-0.4, -0.2) is 35.1 Å². The third kappa shape index (κ3) is 2.88. The Kier molecular flexibility index (Phi) is 4.06. The third-order valence-electron chi connectivity index (χ3n) is 4.87. The van der Waals surface area contributed by atoms with Gasteiger partial charge in [0.25, 0.3) is 0 Å². The van der Waals surface area contributed by atoms with Crippen LogP contribution in [0.4, 0.5) is 0 Å². The van der Waals surface area contributed by atoms with Crippen molar-refractivity contribution in [1.82, 2.24) is 4.90 Å². The zero-order valence-corrected chi connectivity index (χ0v) is 11.9. The molecular weight excluding hydrogens is 250 g/mol. The maximum atomic E-state index is 12.2. The lowest BCUT2D eigenvalue weighted by Crippen LogP contribution is -2.30. The highest BCUT2D eigenvalue weighted by Crippen LogP contribution is 2.38. The number of aliphatic hydroxyl groups is 1. The Morgan fingerprint density at radius 3 is 2.75 bits per heavy atom. The van der Waals surface area contributed by atoms with Gasteiger partial charge in [-0.15, -0.1) is 0 Å². The molecule has 0 aromatic heterocycles. The van der Waals surface area contributed by atoms with Crippen LogP contribution in [0, 0.1) is 11.8 Å². The van der Waals surface area contributed by atoms with Gasteiger partial charge in [0, 0.05) is 25.4 Å². The molecule has 2 fully saturated rings. The van der Waals surface area contributed by atoms with E-state index in [9.17, 15) is 9.90 Å². The first-order valence-electron chi connectivity index (χ1n) is 7.74. The van der Waals surface area contributed by atoms with Crippen LogP contribution >= 0.6 is 0 Å². The predicted octanol–water partition coefficient (Wildman–Crippen LogP) is 2.24. The number of amides is 1. The Labute approximate surface area is 120 Å². The molecule has 1 aromatic carbocycles. The molecule has 3 heteroatoms. The van der Waals surface area contributed by atoms with Crippen LogP contribution in [0.1, 0.15) is 31.2 Å². The quantitative estimate of drug-likeness (QED) is 0.914. The van der Waals surface area contributed by atoms with Crippen molar-refractivity contribution < 1.29 is 9.90 Å². The van der Waals surface area contributed by atoms with Gasteiger partial charge in [0.1, 0.15) is 0 Å². The maximum Gasteiger partial charge on any atom is 0.222 e. The summed E-state index contributed by atoms with van der Waals surface area (Å²) in [4.78, 5) is 14.2. The summed E-state index contributed by atoms with van der Waals surface area (Å²) in [5, 5.41) is 9.89.